The van der Waals surface area contributed by atoms with Crippen LogP contribution in [0, 0.1) is 137 Å². The highest BCUT2D eigenvalue weighted by atomic mass is 19.2. The van der Waals surface area contributed by atoms with Crippen molar-refractivity contribution in [1.82, 2.24) is 0 Å². The van der Waals surface area contributed by atoms with Crippen LogP contribution in [0.5, 0.6) is 0 Å². The van der Waals surface area contributed by atoms with Gasteiger partial charge in [-0.25, -0.2) is 35.1 Å². The van der Waals surface area contributed by atoms with Crippen molar-refractivity contribution in [2.45, 2.75) is 11.3 Å². The van der Waals surface area contributed by atoms with Gasteiger partial charge in [0.2, 0.25) is 0 Å². The number of hydrogen-bond donors (Lipinski definition) is 0. The number of hydrogen-bond acceptors (Lipinski definition) is 11. The smallest absolute Gasteiger partial charge is 0.126 e. The molecule has 13 rings (SSSR count). The molecule has 0 N–H and O–H groups in total. The van der Waals surface area contributed by atoms with Crippen LogP contribution in [0.15, 0.2) is 231 Å². The summed E-state index contributed by atoms with van der Waals surface area (Å²) in [6, 6.07) is 65.7. The molecule has 0 fully saturated rings. The Bertz CT molecular complexity index is 4950. The molecule has 12 aromatic carbocycles. The van der Waals surface area contributed by atoms with Crippen molar-refractivity contribution in [3.05, 3.63) is 361 Å². The first kappa shape index (κ1) is 65.1. The van der Waals surface area contributed by atoms with Gasteiger partial charge in [0.05, 0.1) is 133 Å². The molecule has 478 valence electrons. The van der Waals surface area contributed by atoms with Crippen LogP contribution in [0.1, 0.15) is 89.4 Å². The molecule has 0 amide bonds. The minimum atomic E-state index is -1.95. The van der Waals surface area contributed by atoms with Crippen LogP contribution in [0.25, 0.3) is 11.1 Å². The summed E-state index contributed by atoms with van der Waals surface area (Å²) in [5.74, 6) is -8.97. The zero-order chi connectivity index (χ0) is 71.0. The van der Waals surface area contributed by atoms with E-state index in [2.05, 4.69) is 0 Å². The highest BCUT2D eigenvalue weighted by Gasteiger charge is 2.48. The third-order valence-corrected chi connectivity index (χ3v) is 17.2. The molecule has 0 unspecified atom stereocenters. The summed E-state index contributed by atoms with van der Waals surface area (Å²) >= 11 is 0. The van der Waals surface area contributed by atoms with Gasteiger partial charge < -0.3 is 14.7 Å². The fraction of sp³-hybridized carbons (Fsp3) is 0.0244. The molecular weight excluding hydrogens is 1290 g/mol. The summed E-state index contributed by atoms with van der Waals surface area (Å²) < 4.78 is 131. The highest BCUT2D eigenvalue weighted by Crippen LogP contribution is 2.59. The molecule has 0 aliphatic heterocycles. The standard InChI is InChI=1S/C82H39F8N11/c83-60-11-47(39-91)9-55(26-60)81(56-10-48(40-92)12-61(84)27-56)57-25-58(29-74(28-57)99(68-19-49(41-93)13-62(85)32-68)69-20-50(42-94)14-63(86)33-69)82(79-7-3-1-5-77(79)78-6-2-4-8-80(78)82)59-30-75(100(70-21-51(43-95)15-64(87)34-70)71-22-52(44-96)16-65(88)35-71)38-76(31-59)101(72-23-53(45-97)17-66(89)36-72)73-24-54(46-98)18-67(90)37-73/h1-38,81H. The van der Waals surface area contributed by atoms with Crippen LogP contribution in [0.3, 0.4) is 0 Å². The van der Waals surface area contributed by atoms with Crippen molar-refractivity contribution >= 4 is 51.2 Å². The van der Waals surface area contributed by atoms with Crippen molar-refractivity contribution in [3.63, 3.8) is 0 Å². The number of anilines is 9. The molecule has 0 heterocycles. The van der Waals surface area contributed by atoms with Crippen LogP contribution in [-0.4, -0.2) is 0 Å². The highest BCUT2D eigenvalue weighted by molar-refractivity contribution is 5.92. The van der Waals surface area contributed by atoms with E-state index in [9.17, 15) is 42.1 Å². The Morgan fingerprint density at radius 2 is 0.465 bits per heavy atom. The Labute approximate surface area is 571 Å². The van der Waals surface area contributed by atoms with Crippen LogP contribution < -0.4 is 14.7 Å². The summed E-state index contributed by atoms with van der Waals surface area (Å²) in [5, 5.41) is 83.7. The van der Waals surface area contributed by atoms with Crippen molar-refractivity contribution in [2.75, 3.05) is 14.7 Å². The summed E-state index contributed by atoms with van der Waals surface area (Å²) in [6.07, 6.45) is 0. The summed E-state index contributed by atoms with van der Waals surface area (Å²) in [7, 11) is 0. The minimum Gasteiger partial charge on any atom is -0.310 e. The zero-order valence-corrected chi connectivity index (χ0v) is 52.0. The number of fused-ring (bicyclic) bond motifs is 3. The number of rotatable bonds is 14. The van der Waals surface area contributed by atoms with Gasteiger partial charge in [-0.3, -0.25) is 0 Å². The molecule has 1 aliphatic carbocycles. The van der Waals surface area contributed by atoms with E-state index < -0.39 is 57.9 Å². The van der Waals surface area contributed by atoms with Crippen molar-refractivity contribution in [3.8, 4) is 59.7 Å². The fourth-order valence-corrected chi connectivity index (χ4v) is 13.5. The van der Waals surface area contributed by atoms with Gasteiger partial charge in [0.25, 0.3) is 0 Å². The fourth-order valence-electron chi connectivity index (χ4n) is 13.5. The van der Waals surface area contributed by atoms with Gasteiger partial charge in [-0.1, -0.05) is 54.6 Å². The van der Waals surface area contributed by atoms with Crippen molar-refractivity contribution in [1.29, 1.82) is 42.1 Å². The lowest BCUT2D eigenvalue weighted by Crippen LogP contribution is -2.30. The maximum atomic E-state index is 16.4. The molecule has 1 aliphatic rings. The first-order valence-electron chi connectivity index (χ1n) is 30.4. The number of halogens is 8. The van der Waals surface area contributed by atoms with E-state index in [4.69, 9.17) is 0 Å². The van der Waals surface area contributed by atoms with Gasteiger partial charge in [0.15, 0.2) is 0 Å². The second-order valence-corrected chi connectivity index (χ2v) is 23.5. The van der Waals surface area contributed by atoms with E-state index in [1.807, 2.05) is 60.7 Å². The molecule has 0 saturated carbocycles. The van der Waals surface area contributed by atoms with E-state index in [0.29, 0.717) is 22.3 Å². The molecule has 0 atom stereocenters. The Morgan fingerprint density at radius 3 is 0.752 bits per heavy atom. The molecule has 101 heavy (non-hydrogen) atoms. The van der Waals surface area contributed by atoms with Crippen LogP contribution >= 0.6 is 0 Å². The lowest BCUT2D eigenvalue weighted by atomic mass is 9.66. The van der Waals surface area contributed by atoms with E-state index in [-0.39, 0.29) is 124 Å². The molecule has 12 aromatic rings. The molecule has 0 radical (unpaired) electrons. The van der Waals surface area contributed by atoms with Gasteiger partial charge >= 0.3 is 0 Å². The van der Waals surface area contributed by atoms with Gasteiger partial charge in [-0.05, 0) is 226 Å². The predicted molar refractivity (Wildman–Crippen MR) is 359 cm³/mol. The van der Waals surface area contributed by atoms with Crippen LogP contribution in [0.2, 0.25) is 0 Å². The number of nitriles is 8. The number of benzene rings is 12. The lowest BCUT2D eigenvalue weighted by Gasteiger charge is -2.38. The lowest BCUT2D eigenvalue weighted by molar-refractivity contribution is 0.621. The van der Waals surface area contributed by atoms with E-state index in [1.54, 1.807) is 60.7 Å². The molecule has 0 spiro atoms. The van der Waals surface area contributed by atoms with Crippen molar-refractivity contribution < 1.29 is 35.1 Å². The molecule has 0 bridgehead atoms. The van der Waals surface area contributed by atoms with Crippen LogP contribution in [-0.2, 0) is 5.41 Å². The molecule has 19 heteroatoms. The minimum absolute atomic E-state index is 0.00917. The Balaban J connectivity index is 1.28. The summed E-state index contributed by atoms with van der Waals surface area (Å²) in [6.45, 7) is 0. The zero-order valence-electron chi connectivity index (χ0n) is 52.0. The monoisotopic (exact) mass is 1330 g/mol. The second kappa shape index (κ2) is 26.5. The summed E-state index contributed by atoms with van der Waals surface area (Å²) in [5.41, 5.74) is -2.38. The van der Waals surface area contributed by atoms with Gasteiger partial charge in [-0.15, -0.1) is 0 Å². The van der Waals surface area contributed by atoms with E-state index in [1.165, 1.54) is 75.4 Å². The topological polar surface area (TPSA) is 200 Å². The Hall–Kier alpha value is -14.6. The molecular formula is C82H39F8N11. The third-order valence-electron chi connectivity index (χ3n) is 17.2. The largest absolute Gasteiger partial charge is 0.310 e. The molecule has 11 nitrogen and oxygen atoms in total. The third kappa shape index (κ3) is 12.3. The Morgan fingerprint density at radius 1 is 0.238 bits per heavy atom. The quantitative estimate of drug-likeness (QED) is 0.0741. The van der Waals surface area contributed by atoms with Gasteiger partial charge in [0, 0.05) is 23.0 Å². The van der Waals surface area contributed by atoms with E-state index >= 15 is 35.1 Å². The average Bonchev–Trinajstić information content (AvgIpc) is 1.57. The van der Waals surface area contributed by atoms with Crippen molar-refractivity contribution in [2.24, 2.45) is 0 Å². The first-order valence-corrected chi connectivity index (χ1v) is 30.4. The maximum Gasteiger partial charge on any atom is 0.126 e. The molecule has 0 aromatic heterocycles. The normalized spacial score (nSPS) is 11.5. The maximum absolute atomic E-state index is 16.4. The summed E-state index contributed by atoms with van der Waals surface area (Å²) in [4.78, 5) is 3.97. The SMILES string of the molecule is N#Cc1cc(F)cc(C(c2cc(F)cc(C#N)c2)c2cc(N(c3cc(F)cc(C#N)c3)c3cc(F)cc(C#N)c3)cc(C3(c4cc(N(c5cc(F)cc(C#N)c5)c5cc(F)cc(C#N)c5)cc(N(c5cc(F)cc(C#N)c5)c5cc(F)cc(C#N)c5)c4)c4ccccc4-c4ccccc43)c2)c1. The van der Waals surface area contributed by atoms with Gasteiger partial charge in [0.1, 0.15) is 46.5 Å². The Kier molecular flexibility index (Phi) is 17.1. The van der Waals surface area contributed by atoms with Crippen LogP contribution in [0.4, 0.5) is 86.3 Å². The van der Waals surface area contributed by atoms with E-state index in [0.717, 1.165) is 97.1 Å². The first-order chi connectivity index (χ1) is 48.8. The predicted octanol–water partition coefficient (Wildman–Crippen LogP) is 19.7. The van der Waals surface area contributed by atoms with Gasteiger partial charge in [-0.2, -0.15) is 42.1 Å². The molecule has 0 saturated heterocycles. The average molecular weight is 1330 g/mol. The second-order valence-electron chi connectivity index (χ2n) is 23.5. The number of nitrogens with zero attached hydrogens (tertiary/aromatic N) is 11.